The van der Waals surface area contributed by atoms with Crippen LogP contribution in [0.2, 0.25) is 0 Å². The van der Waals surface area contributed by atoms with Crippen LogP contribution in [0.15, 0.2) is 132 Å². The van der Waals surface area contributed by atoms with Crippen LogP contribution in [-0.4, -0.2) is 271 Å². The Morgan fingerprint density at radius 2 is 1.04 bits per heavy atom. The van der Waals surface area contributed by atoms with Crippen LogP contribution in [0, 0.1) is 29.6 Å². The lowest BCUT2D eigenvalue weighted by Crippen LogP contribution is -2.65. The molecule has 2 saturated heterocycles. The van der Waals surface area contributed by atoms with E-state index < -0.39 is 264 Å². The average Bonchev–Trinajstić information content (AvgIpc) is 1.15. The first kappa shape index (κ1) is 114. The van der Waals surface area contributed by atoms with Crippen molar-refractivity contribution in [1.29, 1.82) is 0 Å². The number of phenols is 1. The van der Waals surface area contributed by atoms with Crippen molar-refractivity contribution in [2.24, 2.45) is 41.1 Å². The van der Waals surface area contributed by atoms with Gasteiger partial charge in [-0.25, -0.2) is 0 Å². The molecule has 144 heavy (non-hydrogen) atoms. The summed E-state index contributed by atoms with van der Waals surface area (Å²) in [6.45, 7) is 15.0. The van der Waals surface area contributed by atoms with Crippen molar-refractivity contribution >= 4 is 129 Å². The number of hydrogen-bond donors (Lipinski definition) is 21. The molecule has 43 heteroatoms. The number of aliphatic hydroxyl groups is 2. The number of amides is 17. The highest BCUT2D eigenvalue weighted by Crippen LogP contribution is 2.30. The van der Waals surface area contributed by atoms with Gasteiger partial charge in [0.1, 0.15) is 102 Å². The Bertz CT molecular complexity index is 5450. The first-order valence-corrected chi connectivity index (χ1v) is 49.8. The minimum atomic E-state index is -2.28. The molecule has 0 spiro atoms. The fraction of sp³-hybridized carbons (Fsp3) is 0.525. The SMILES string of the molecule is CCC(C)[C@@H]1NC(=O)[C@H](Cc2ccc(-c3ccccc3)cc2)NC(=O)[C@H](C(C)C)NC(=O)[C@H](Cc2c[nH]c3ccccc23)NC(=O)[C@H](CC(=O)O)NC(=O)[C@H](Cc2ccc(O)cc2)NC(=O)[C@H](Cc2ccco2)NC(=O)CSC[C@@H](C(=O)NC(C(N)=O)C2CCOCC2)NC(=O)[C@H](C(C)O)NC(=O)[C@H](C(C)(C)O)NC(=O)[C@H](CC2CCCCC2)NC(=O)[C@H](CC(N)=O)NC(=O)[C@@H](CC(C)C)NC(=O)[C@H](C)N(C)C1=O. The molecule has 23 N–H and O–H groups in total. The predicted octanol–water partition coefficient (Wildman–Crippen LogP) is 0.917. The first-order chi connectivity index (χ1) is 68.2. The van der Waals surface area contributed by atoms with Gasteiger partial charge in [0.05, 0.1) is 36.6 Å². The third kappa shape index (κ3) is 33.9. The standard InChI is InChI=1S/C101H138N18O24S/c1-12-55(6)82-100(140)119(11)56(7)87(127)106-69(42-53(2)3)88(128)110-75(48-78(102)122)91(131)108-72(43-58-22-15-13-16-23-58)95(135)118-85(101(9,10)141)99(139)116-83(57(8)120)98(138)113-77(96(136)117-84(86(103)126)63-37-40-142-41-38-63)51-144-52-79(123)105-74(47-66-26-21-39-143-66)90(130)107-70(45-60-31-35-65(121)36-32-60)89(129)111-76(49-80(124)125)92(132)109-73(46-64-50-104-68-28-20-19-27-67(64)68)94(134)114-81(54(4)5)97(137)112-71(93(133)115-82)44-59-29-33-62(34-30-59)61-24-17-14-18-25-61/h14,17-21,24-36,39,50,53-58,63,69-77,81-85,104,120-121,141H,12-13,15-16,22-23,37-38,40-49,51-52H2,1-11H3,(H2,102,122)(H2,103,126)(H,105,123)(H,106,127)(H,107,130)(H,108,131)(H,109,132)(H,110,128)(H,111,129)(H,112,137)(H,113,138)(H,114,134)(H,115,133)(H,116,139)(H,117,136)(H,118,135)(H,124,125)/t55?,56-,57?,69+,70-,71-,72-,73-,74-,75-,76-,77-,81-,82-,83-,84?,85+/m0/s1. The number of aromatic hydroxyl groups is 1. The zero-order valence-electron chi connectivity index (χ0n) is 82.9. The quantitative estimate of drug-likeness (QED) is 0.0359. The van der Waals surface area contributed by atoms with Crippen molar-refractivity contribution in [3.63, 3.8) is 0 Å². The summed E-state index contributed by atoms with van der Waals surface area (Å²) < 4.78 is 11.1. The summed E-state index contributed by atoms with van der Waals surface area (Å²) in [6, 6.07) is 5.80. The number of H-pyrrole nitrogens is 1. The molecule has 4 aromatic carbocycles. The smallest absolute Gasteiger partial charge is 0.305 e. The van der Waals surface area contributed by atoms with E-state index in [-0.39, 0.29) is 87.1 Å². The second-order valence-corrected chi connectivity index (χ2v) is 39.7. The number of furan rings is 1. The minimum Gasteiger partial charge on any atom is -0.508 e. The fourth-order valence-corrected chi connectivity index (χ4v) is 18.2. The topological polar surface area (TPSA) is 650 Å². The van der Waals surface area contributed by atoms with Crippen molar-refractivity contribution < 1.29 is 116 Å². The van der Waals surface area contributed by atoms with Gasteiger partial charge in [-0.3, -0.25) is 86.3 Å². The van der Waals surface area contributed by atoms with Crippen molar-refractivity contribution in [3.05, 3.63) is 150 Å². The molecule has 782 valence electrons. The minimum absolute atomic E-state index is 0.102. The molecule has 1 aliphatic carbocycles. The van der Waals surface area contributed by atoms with Gasteiger partial charge in [0.15, 0.2) is 0 Å². The van der Waals surface area contributed by atoms with E-state index >= 15 is 38.4 Å². The first-order valence-electron chi connectivity index (χ1n) is 48.6. The maximum Gasteiger partial charge on any atom is 0.305 e. The van der Waals surface area contributed by atoms with E-state index in [0.717, 1.165) is 43.2 Å². The number of hydrogen-bond acceptors (Lipinski definition) is 24. The summed E-state index contributed by atoms with van der Waals surface area (Å²) in [6.07, 6.45) is 1.23. The number of ether oxygens (including phenoxy) is 1. The second kappa shape index (κ2) is 54.0. The Balaban J connectivity index is 1.12. The number of nitrogens with zero attached hydrogens (tertiary/aromatic N) is 1. The number of nitrogens with one attached hydrogen (secondary N) is 15. The summed E-state index contributed by atoms with van der Waals surface area (Å²) in [4.78, 5) is 270. The van der Waals surface area contributed by atoms with Gasteiger partial charge in [0.25, 0.3) is 0 Å². The summed E-state index contributed by atoms with van der Waals surface area (Å²) in [5.74, 6) is -24.0. The molecule has 6 aromatic rings. The largest absolute Gasteiger partial charge is 0.508 e. The molecule has 3 aliphatic rings. The predicted molar refractivity (Wildman–Crippen MR) is 530 cm³/mol. The number of nitrogens with two attached hydrogens (primary N) is 2. The number of rotatable bonds is 26. The number of aliphatic hydroxyl groups excluding tert-OH is 1. The summed E-state index contributed by atoms with van der Waals surface area (Å²) in [5.41, 5.74) is 12.8. The van der Waals surface area contributed by atoms with Crippen LogP contribution in [0.4, 0.5) is 0 Å². The number of aliphatic carboxylic acids is 1. The van der Waals surface area contributed by atoms with Gasteiger partial charge in [-0.15, -0.1) is 11.8 Å². The number of carbonyl (C=O) groups is 18. The van der Waals surface area contributed by atoms with Gasteiger partial charge in [-0.05, 0) is 141 Å². The number of thioether (sulfide) groups is 1. The Hall–Kier alpha value is -13.8. The third-order valence-electron chi connectivity index (χ3n) is 26.0. The molecule has 2 aromatic heterocycles. The van der Waals surface area contributed by atoms with Crippen molar-refractivity contribution in [1.82, 2.24) is 84.3 Å². The van der Waals surface area contributed by atoms with E-state index in [1.165, 1.54) is 56.6 Å². The Kier molecular flexibility index (Phi) is 42.7. The molecular formula is C101H138N18O24S. The van der Waals surface area contributed by atoms with Crippen LogP contribution >= 0.6 is 11.8 Å². The number of phenolic OH excluding ortho intramolecular Hbond substituents is 1. The van der Waals surface area contributed by atoms with E-state index in [9.17, 15) is 68.4 Å². The van der Waals surface area contributed by atoms with Gasteiger partial charge < -0.3 is 125 Å². The number of benzene rings is 4. The van der Waals surface area contributed by atoms with E-state index in [0.29, 0.717) is 59.5 Å². The van der Waals surface area contributed by atoms with E-state index in [2.05, 4.69) is 79.4 Å². The summed E-state index contributed by atoms with van der Waals surface area (Å²) in [5, 5.41) is 81.2. The molecule has 9 rings (SSSR count). The average molecular weight is 2020 g/mol. The van der Waals surface area contributed by atoms with Gasteiger partial charge >= 0.3 is 5.97 Å². The normalized spacial score (nSPS) is 24.7. The molecule has 17 atom stereocenters. The lowest BCUT2D eigenvalue weighted by Gasteiger charge is -2.34. The highest BCUT2D eigenvalue weighted by Gasteiger charge is 2.45. The fourth-order valence-electron chi connectivity index (χ4n) is 17.4. The monoisotopic (exact) mass is 2020 g/mol. The number of aromatic nitrogens is 1. The van der Waals surface area contributed by atoms with Crippen molar-refractivity contribution in [3.8, 4) is 16.9 Å². The van der Waals surface area contributed by atoms with E-state index in [1.807, 2.05) is 30.3 Å². The van der Waals surface area contributed by atoms with Crippen LogP contribution in [-0.2, 0) is 117 Å². The van der Waals surface area contributed by atoms with Gasteiger partial charge in [0, 0.05) is 68.8 Å². The zero-order chi connectivity index (χ0) is 106. The van der Waals surface area contributed by atoms with Crippen molar-refractivity contribution in [2.45, 2.75) is 274 Å². The molecule has 1 saturated carbocycles. The van der Waals surface area contributed by atoms with E-state index in [4.69, 9.17) is 20.6 Å². The number of carboxylic acids is 1. The highest BCUT2D eigenvalue weighted by atomic mass is 32.2. The van der Waals surface area contributed by atoms with Crippen LogP contribution in [0.3, 0.4) is 0 Å². The summed E-state index contributed by atoms with van der Waals surface area (Å²) >= 11 is 0.672. The van der Waals surface area contributed by atoms with Gasteiger partial charge in [-0.2, -0.15) is 0 Å². The number of carboxylic acid groups (broad SMARTS) is 1. The lowest BCUT2D eigenvalue weighted by atomic mass is 9.84. The number of primary amides is 2. The van der Waals surface area contributed by atoms with E-state index in [1.54, 1.807) is 96.3 Å². The highest BCUT2D eigenvalue weighted by molar-refractivity contribution is 8.00. The zero-order valence-corrected chi connectivity index (χ0v) is 83.7. The lowest BCUT2D eigenvalue weighted by molar-refractivity contribution is -0.143. The molecule has 4 heterocycles. The van der Waals surface area contributed by atoms with Crippen LogP contribution in [0.25, 0.3) is 22.0 Å². The maximum absolute atomic E-state index is 15.5. The number of fused-ring (bicyclic) bond motifs is 1. The second-order valence-electron chi connectivity index (χ2n) is 38.6. The van der Waals surface area contributed by atoms with Crippen molar-refractivity contribution in [2.75, 3.05) is 31.8 Å². The molecule has 0 bridgehead atoms. The van der Waals surface area contributed by atoms with Gasteiger partial charge in [-0.1, -0.05) is 165 Å². The van der Waals surface area contributed by atoms with Gasteiger partial charge in [0.2, 0.25) is 100 Å². The molecule has 3 fully saturated rings. The molecular weight excluding hydrogens is 1880 g/mol. The molecule has 0 radical (unpaired) electrons. The number of likely N-dealkylation sites (N-methyl/N-ethyl adjacent to an activating group) is 1. The van der Waals surface area contributed by atoms with Crippen LogP contribution in [0.5, 0.6) is 5.75 Å². The number of carbonyl (C=O) groups excluding carboxylic acids is 17. The molecule has 17 amide bonds. The third-order valence-corrected chi connectivity index (χ3v) is 27.0. The Morgan fingerprint density at radius 3 is 1.60 bits per heavy atom. The maximum atomic E-state index is 15.5. The summed E-state index contributed by atoms with van der Waals surface area (Å²) in [7, 11) is 1.28. The van der Waals surface area contributed by atoms with Crippen LogP contribution < -0.4 is 85.9 Å². The number of aromatic amines is 1. The molecule has 2 aliphatic heterocycles. The Morgan fingerprint density at radius 1 is 0.535 bits per heavy atom. The van der Waals surface area contributed by atoms with Crippen LogP contribution in [0.1, 0.15) is 169 Å². The number of para-hydroxylation sites is 1. The molecule has 3 unspecified atom stereocenters. The Labute approximate surface area is 839 Å². The molecule has 42 nitrogen and oxygen atoms in total.